The number of H-pyrrole nitrogens is 1. The van der Waals surface area contributed by atoms with Crippen molar-refractivity contribution >= 4 is 28.7 Å². The SMILES string of the molecule is COc1ccc(C(C)NC(=O)CSc2nc3cc(C)[nH]c3c(=O)n2C(C)C)cc1OC. The fraction of sp³-hybridized carbons (Fsp3) is 0.409. The summed E-state index contributed by atoms with van der Waals surface area (Å²) in [6.07, 6.45) is 0. The number of carbonyl (C=O) groups excluding carboxylic acids is 1. The second-order valence-electron chi connectivity index (χ2n) is 7.57. The van der Waals surface area contributed by atoms with Gasteiger partial charge in [-0.2, -0.15) is 0 Å². The lowest BCUT2D eigenvalue weighted by molar-refractivity contribution is -0.119. The van der Waals surface area contributed by atoms with Gasteiger partial charge in [-0.1, -0.05) is 17.8 Å². The van der Waals surface area contributed by atoms with Crippen molar-refractivity contribution in [2.75, 3.05) is 20.0 Å². The lowest BCUT2D eigenvalue weighted by atomic mass is 10.1. The van der Waals surface area contributed by atoms with Gasteiger partial charge >= 0.3 is 0 Å². The molecule has 1 atom stereocenters. The highest BCUT2D eigenvalue weighted by Gasteiger charge is 2.18. The third-order valence-electron chi connectivity index (χ3n) is 4.92. The molecular weight excluding hydrogens is 416 g/mol. The molecule has 8 nitrogen and oxygen atoms in total. The standard InChI is InChI=1S/C22H28N4O4S/c1-12(2)26-21(28)20-16(9-13(3)23-20)25-22(26)31-11-19(27)24-14(4)15-7-8-17(29-5)18(10-15)30-6/h7-10,12,14,23H,11H2,1-6H3,(H,24,27). The predicted molar refractivity (Wildman–Crippen MR) is 122 cm³/mol. The van der Waals surface area contributed by atoms with Crippen molar-refractivity contribution < 1.29 is 14.3 Å². The summed E-state index contributed by atoms with van der Waals surface area (Å²) in [7, 11) is 3.16. The number of hydrogen-bond acceptors (Lipinski definition) is 6. The molecule has 0 spiro atoms. The monoisotopic (exact) mass is 444 g/mol. The Morgan fingerprint density at radius 1 is 1.19 bits per heavy atom. The van der Waals surface area contributed by atoms with Crippen LogP contribution in [0, 0.1) is 6.92 Å². The van der Waals surface area contributed by atoms with Crippen LogP contribution < -0.4 is 20.3 Å². The van der Waals surface area contributed by atoms with E-state index in [0.29, 0.717) is 27.7 Å². The van der Waals surface area contributed by atoms with Gasteiger partial charge in [0, 0.05) is 11.7 Å². The average molecular weight is 445 g/mol. The van der Waals surface area contributed by atoms with Crippen molar-refractivity contribution in [2.45, 2.75) is 44.9 Å². The number of amides is 1. The normalized spacial score (nSPS) is 12.2. The molecule has 0 bridgehead atoms. The van der Waals surface area contributed by atoms with Gasteiger partial charge in [0.05, 0.1) is 31.5 Å². The summed E-state index contributed by atoms with van der Waals surface area (Å²) >= 11 is 1.25. The number of nitrogens with zero attached hydrogens (tertiary/aromatic N) is 2. The number of benzene rings is 1. The molecule has 166 valence electrons. The number of methoxy groups -OCH3 is 2. The first-order valence-corrected chi connectivity index (χ1v) is 11.0. The molecule has 2 N–H and O–H groups in total. The number of hydrogen-bond donors (Lipinski definition) is 2. The summed E-state index contributed by atoms with van der Waals surface area (Å²) in [5, 5.41) is 3.51. The summed E-state index contributed by atoms with van der Waals surface area (Å²) in [6.45, 7) is 7.64. The zero-order valence-corrected chi connectivity index (χ0v) is 19.4. The molecule has 9 heteroatoms. The van der Waals surface area contributed by atoms with Crippen LogP contribution in [0.2, 0.25) is 0 Å². The predicted octanol–water partition coefficient (Wildman–Crippen LogP) is 3.60. The van der Waals surface area contributed by atoms with E-state index >= 15 is 0 Å². The molecule has 0 saturated heterocycles. The second-order valence-corrected chi connectivity index (χ2v) is 8.51. The molecule has 3 aromatic rings. The van der Waals surface area contributed by atoms with E-state index < -0.39 is 0 Å². The van der Waals surface area contributed by atoms with E-state index in [0.717, 1.165) is 11.3 Å². The summed E-state index contributed by atoms with van der Waals surface area (Å²) in [6, 6.07) is 7.08. The number of ether oxygens (including phenoxy) is 2. The van der Waals surface area contributed by atoms with Crippen molar-refractivity contribution in [3.63, 3.8) is 0 Å². The van der Waals surface area contributed by atoms with Gasteiger partial charge in [0.2, 0.25) is 5.91 Å². The topological polar surface area (TPSA) is 98.2 Å². The molecule has 0 aliphatic carbocycles. The molecule has 0 fully saturated rings. The number of thioether (sulfide) groups is 1. The maximum Gasteiger partial charge on any atom is 0.278 e. The third-order valence-corrected chi connectivity index (χ3v) is 5.87. The maximum absolute atomic E-state index is 12.9. The smallest absolute Gasteiger partial charge is 0.278 e. The first-order chi connectivity index (χ1) is 14.7. The number of carbonyl (C=O) groups is 1. The van der Waals surface area contributed by atoms with Crippen LogP contribution in [0.1, 0.15) is 44.1 Å². The lowest BCUT2D eigenvalue weighted by Gasteiger charge is -2.17. The Bertz CT molecular complexity index is 1150. The Morgan fingerprint density at radius 2 is 1.90 bits per heavy atom. The van der Waals surface area contributed by atoms with Gasteiger partial charge in [0.1, 0.15) is 5.52 Å². The van der Waals surface area contributed by atoms with Gasteiger partial charge in [-0.25, -0.2) is 4.98 Å². The van der Waals surface area contributed by atoms with Crippen LogP contribution in [0.15, 0.2) is 34.2 Å². The third kappa shape index (κ3) is 4.87. The van der Waals surface area contributed by atoms with E-state index in [1.54, 1.807) is 18.8 Å². The molecule has 3 rings (SSSR count). The van der Waals surface area contributed by atoms with Crippen LogP contribution in [0.5, 0.6) is 11.5 Å². The molecule has 2 aromatic heterocycles. The van der Waals surface area contributed by atoms with E-state index in [1.807, 2.05) is 52.0 Å². The van der Waals surface area contributed by atoms with Crippen LogP contribution in [0.4, 0.5) is 0 Å². The molecule has 1 unspecified atom stereocenters. The van der Waals surface area contributed by atoms with Crippen LogP contribution in [-0.2, 0) is 4.79 Å². The first kappa shape index (κ1) is 22.7. The van der Waals surface area contributed by atoms with Gasteiger partial charge in [-0.05, 0) is 51.5 Å². The summed E-state index contributed by atoms with van der Waals surface area (Å²) < 4.78 is 12.2. The Morgan fingerprint density at radius 3 is 2.55 bits per heavy atom. The average Bonchev–Trinajstić information content (AvgIpc) is 3.11. The van der Waals surface area contributed by atoms with E-state index in [-0.39, 0.29) is 29.3 Å². The van der Waals surface area contributed by atoms with Gasteiger partial charge in [-0.15, -0.1) is 0 Å². The quantitative estimate of drug-likeness (QED) is 0.407. The summed E-state index contributed by atoms with van der Waals surface area (Å²) in [5.41, 5.74) is 2.74. The number of rotatable bonds is 8. The van der Waals surface area contributed by atoms with Crippen molar-refractivity contribution in [1.29, 1.82) is 0 Å². The summed E-state index contributed by atoms with van der Waals surface area (Å²) in [5.74, 6) is 1.23. The van der Waals surface area contributed by atoms with Gasteiger partial charge < -0.3 is 19.8 Å². The maximum atomic E-state index is 12.9. The van der Waals surface area contributed by atoms with Crippen molar-refractivity contribution in [1.82, 2.24) is 19.9 Å². The highest BCUT2D eigenvalue weighted by molar-refractivity contribution is 7.99. The molecule has 31 heavy (non-hydrogen) atoms. The molecule has 0 saturated carbocycles. The summed E-state index contributed by atoms with van der Waals surface area (Å²) in [4.78, 5) is 33.2. The minimum atomic E-state index is -0.219. The largest absolute Gasteiger partial charge is 0.493 e. The number of nitrogens with one attached hydrogen (secondary N) is 2. The minimum Gasteiger partial charge on any atom is -0.493 e. The molecule has 0 aliphatic rings. The van der Waals surface area contributed by atoms with E-state index in [9.17, 15) is 9.59 Å². The van der Waals surface area contributed by atoms with Crippen LogP contribution in [0.3, 0.4) is 0 Å². The highest BCUT2D eigenvalue weighted by Crippen LogP contribution is 2.30. The van der Waals surface area contributed by atoms with Crippen LogP contribution in [0.25, 0.3) is 11.0 Å². The Hall–Kier alpha value is -2.94. The minimum absolute atomic E-state index is 0.0794. The highest BCUT2D eigenvalue weighted by atomic mass is 32.2. The zero-order chi connectivity index (χ0) is 22.7. The lowest BCUT2D eigenvalue weighted by Crippen LogP contribution is -2.29. The van der Waals surface area contributed by atoms with E-state index in [4.69, 9.17) is 9.47 Å². The van der Waals surface area contributed by atoms with Gasteiger partial charge in [0.15, 0.2) is 16.7 Å². The number of aryl methyl sites for hydroxylation is 1. The first-order valence-electron chi connectivity index (χ1n) is 10.0. The fourth-order valence-electron chi connectivity index (χ4n) is 3.37. The fourth-order valence-corrected chi connectivity index (χ4v) is 4.31. The van der Waals surface area contributed by atoms with E-state index in [2.05, 4.69) is 15.3 Å². The van der Waals surface area contributed by atoms with Gasteiger partial charge in [-0.3, -0.25) is 14.2 Å². The molecular formula is C22H28N4O4S. The molecule has 0 aliphatic heterocycles. The molecule has 0 radical (unpaired) electrons. The molecule has 2 heterocycles. The number of aromatic amines is 1. The van der Waals surface area contributed by atoms with Crippen LogP contribution >= 0.6 is 11.8 Å². The zero-order valence-electron chi connectivity index (χ0n) is 18.6. The Balaban J connectivity index is 1.74. The molecule has 1 aromatic carbocycles. The van der Waals surface area contributed by atoms with Crippen molar-refractivity contribution in [3.05, 3.63) is 45.9 Å². The Kier molecular flexibility index (Phi) is 6.94. The number of aromatic nitrogens is 3. The van der Waals surface area contributed by atoms with Gasteiger partial charge in [0.25, 0.3) is 5.56 Å². The second kappa shape index (κ2) is 9.47. The molecule has 1 amide bonds. The Labute approximate surface area is 185 Å². The van der Waals surface area contributed by atoms with Crippen molar-refractivity contribution in [3.8, 4) is 11.5 Å². The van der Waals surface area contributed by atoms with E-state index in [1.165, 1.54) is 11.8 Å². The van der Waals surface area contributed by atoms with Crippen molar-refractivity contribution in [2.24, 2.45) is 0 Å². The van der Waals surface area contributed by atoms with Crippen LogP contribution in [-0.4, -0.2) is 40.4 Å². The number of fused-ring (bicyclic) bond motifs is 1.